The first kappa shape index (κ1) is 35.9. The van der Waals surface area contributed by atoms with Gasteiger partial charge in [0.25, 0.3) is 0 Å². The van der Waals surface area contributed by atoms with Gasteiger partial charge in [0.15, 0.2) is 0 Å². The van der Waals surface area contributed by atoms with Crippen LogP contribution in [0.3, 0.4) is 0 Å². The number of hydrogen-bond acceptors (Lipinski definition) is 4. The van der Waals surface area contributed by atoms with Crippen molar-refractivity contribution in [2.24, 2.45) is 11.5 Å². The number of aromatic nitrogens is 1. The van der Waals surface area contributed by atoms with E-state index in [0.717, 1.165) is 5.56 Å². The first-order valence-electron chi connectivity index (χ1n) is 13.8. The van der Waals surface area contributed by atoms with Crippen LogP contribution in [0.4, 0.5) is 13.2 Å². The summed E-state index contributed by atoms with van der Waals surface area (Å²) >= 11 is 0. The number of pyridine rings is 1. The summed E-state index contributed by atoms with van der Waals surface area (Å²) in [4.78, 5) is 26.1. The quantitative estimate of drug-likeness (QED) is 0.255. The Morgan fingerprint density at radius 3 is 2.12 bits per heavy atom. The fourth-order valence-electron chi connectivity index (χ4n) is 4.13. The number of rotatable bonds is 8. The lowest BCUT2D eigenvalue weighted by molar-refractivity contribution is -0.138. The fraction of sp³-hybridized carbons (Fsp3) is 0.364. The average molecular weight is 583 g/mol. The van der Waals surface area contributed by atoms with Crippen LogP contribution in [0.2, 0.25) is 0 Å². The van der Waals surface area contributed by atoms with E-state index in [1.165, 1.54) is 38.1 Å². The Hall–Kier alpha value is -4.16. The molecular weight excluding hydrogens is 541 g/mol. The van der Waals surface area contributed by atoms with E-state index in [9.17, 15) is 18.0 Å². The zero-order valence-corrected chi connectivity index (χ0v) is 25.0. The molecule has 0 fully saturated rings. The summed E-state index contributed by atoms with van der Waals surface area (Å²) in [6, 6.07) is 11.6. The van der Waals surface area contributed by atoms with Crippen LogP contribution in [0, 0.1) is 18.8 Å². The van der Waals surface area contributed by atoms with Crippen LogP contribution < -0.4 is 11.5 Å². The van der Waals surface area contributed by atoms with Gasteiger partial charge in [-0.2, -0.15) is 13.2 Å². The van der Waals surface area contributed by atoms with E-state index >= 15 is 0 Å². The Labute approximate surface area is 247 Å². The topological polar surface area (TPSA) is 102 Å². The van der Waals surface area contributed by atoms with Gasteiger partial charge in [0.1, 0.15) is 0 Å². The van der Waals surface area contributed by atoms with Crippen molar-refractivity contribution >= 4 is 12.3 Å². The third-order valence-electron chi connectivity index (χ3n) is 6.09. The number of carbonyl (C=O) groups excluding carboxylic acids is 2. The van der Waals surface area contributed by atoms with Crippen LogP contribution in [-0.2, 0) is 28.6 Å². The van der Waals surface area contributed by atoms with Crippen molar-refractivity contribution in [3.05, 3.63) is 88.2 Å². The summed E-state index contributed by atoms with van der Waals surface area (Å²) in [5.74, 6) is 5.61. The van der Waals surface area contributed by atoms with Crippen molar-refractivity contribution in [2.45, 2.75) is 59.6 Å². The number of benzene rings is 2. The Bertz CT molecular complexity index is 1360. The van der Waals surface area contributed by atoms with E-state index in [4.69, 9.17) is 10.5 Å². The van der Waals surface area contributed by atoms with Gasteiger partial charge in [0, 0.05) is 23.5 Å². The first-order valence-corrected chi connectivity index (χ1v) is 13.8. The Morgan fingerprint density at radius 2 is 1.57 bits per heavy atom. The minimum atomic E-state index is -4.41. The molecule has 0 aliphatic carbocycles. The number of nitrogens with zero attached hydrogens (tertiary/aromatic N) is 2. The molecule has 0 radical (unpaired) electrons. The summed E-state index contributed by atoms with van der Waals surface area (Å²) < 4.78 is 40.3. The molecule has 2 aromatic carbocycles. The van der Waals surface area contributed by atoms with E-state index in [-0.39, 0.29) is 18.4 Å². The molecule has 0 aliphatic rings. The maximum atomic E-state index is 13.4. The summed E-state index contributed by atoms with van der Waals surface area (Å²) in [5.41, 5.74) is 13.1. The minimum Gasteiger partial charge on any atom is -0.372 e. The molecule has 0 bridgehead atoms. The van der Waals surface area contributed by atoms with Gasteiger partial charge in [-0.15, -0.1) is 0 Å². The maximum Gasteiger partial charge on any atom is 0.416 e. The van der Waals surface area contributed by atoms with E-state index in [2.05, 4.69) is 48.4 Å². The normalized spacial score (nSPS) is 10.4. The molecule has 226 valence electrons. The average Bonchev–Trinajstić information content (AvgIpc) is 2.93. The summed E-state index contributed by atoms with van der Waals surface area (Å²) in [6.07, 6.45) is 1.91. The standard InChI is InChI=1S/C25H21F3N2O.C7H17N.CH3NO/c1-3-19-8-9-22(13-23(19)25(26,27)28)21-6-4-16(2)20(12-21)7-5-17-10-18(11-24(29)31)15-30-14-17;1-4-6-8(3)7-5-2;2-1-3/h4,6,8-10,12-15H,3,11H2,1-2H3,(H2,29,31);4-7H2,1-3H3;1H,(H2,2,3). The van der Waals surface area contributed by atoms with E-state index in [1.54, 1.807) is 43.6 Å². The van der Waals surface area contributed by atoms with Crippen molar-refractivity contribution in [1.82, 2.24) is 9.88 Å². The lowest BCUT2D eigenvalue weighted by Gasteiger charge is -2.14. The van der Waals surface area contributed by atoms with Gasteiger partial charge < -0.3 is 16.4 Å². The predicted molar refractivity (Wildman–Crippen MR) is 162 cm³/mol. The van der Waals surface area contributed by atoms with Gasteiger partial charge in [0.05, 0.1) is 12.0 Å². The van der Waals surface area contributed by atoms with Crippen LogP contribution in [0.5, 0.6) is 0 Å². The highest BCUT2D eigenvalue weighted by Gasteiger charge is 2.33. The smallest absolute Gasteiger partial charge is 0.372 e. The van der Waals surface area contributed by atoms with E-state index in [0.29, 0.717) is 34.2 Å². The number of carbonyl (C=O) groups is 2. The summed E-state index contributed by atoms with van der Waals surface area (Å²) in [6.45, 7) is 10.5. The number of amides is 2. The largest absolute Gasteiger partial charge is 0.416 e. The van der Waals surface area contributed by atoms with Crippen LogP contribution in [0.15, 0.2) is 54.9 Å². The van der Waals surface area contributed by atoms with Crippen LogP contribution in [0.1, 0.15) is 67.0 Å². The number of aryl methyl sites for hydroxylation is 2. The third kappa shape index (κ3) is 12.6. The van der Waals surface area contributed by atoms with Crippen molar-refractivity contribution < 1.29 is 22.8 Å². The Balaban J connectivity index is 0.000000684. The number of hydrogen-bond donors (Lipinski definition) is 2. The summed E-state index contributed by atoms with van der Waals surface area (Å²) in [7, 11) is 2.17. The Morgan fingerprint density at radius 1 is 0.976 bits per heavy atom. The molecule has 6 nitrogen and oxygen atoms in total. The number of halogens is 3. The zero-order chi connectivity index (χ0) is 31.7. The highest BCUT2D eigenvalue weighted by Crippen LogP contribution is 2.35. The molecule has 0 saturated carbocycles. The van der Waals surface area contributed by atoms with Crippen molar-refractivity contribution in [1.29, 1.82) is 0 Å². The first-order chi connectivity index (χ1) is 19.9. The molecule has 42 heavy (non-hydrogen) atoms. The molecule has 0 saturated heterocycles. The Kier molecular flexibility index (Phi) is 15.6. The zero-order valence-electron chi connectivity index (χ0n) is 25.0. The molecule has 0 aliphatic heterocycles. The molecule has 2 amide bonds. The van der Waals surface area contributed by atoms with Gasteiger partial charge in [-0.3, -0.25) is 14.6 Å². The highest BCUT2D eigenvalue weighted by atomic mass is 19.4. The fourth-order valence-corrected chi connectivity index (χ4v) is 4.13. The SMILES string of the molecule is CCCN(C)CCC.CCc1ccc(-c2ccc(C)c(C#Cc3cncc(CC(N)=O)c3)c2)cc1C(F)(F)F.NC=O. The molecule has 0 unspecified atom stereocenters. The molecule has 0 spiro atoms. The minimum absolute atomic E-state index is 0.0757. The number of primary amides is 2. The van der Waals surface area contributed by atoms with Gasteiger partial charge in [-0.1, -0.05) is 56.9 Å². The second-order valence-corrected chi connectivity index (χ2v) is 9.67. The monoisotopic (exact) mass is 582 g/mol. The van der Waals surface area contributed by atoms with Crippen LogP contribution >= 0.6 is 0 Å². The predicted octanol–water partition coefficient (Wildman–Crippen LogP) is 5.91. The second kappa shape index (κ2) is 18.3. The molecular formula is C33H41F3N4O2. The summed E-state index contributed by atoms with van der Waals surface area (Å²) in [5, 5.41) is 0. The molecule has 4 N–H and O–H groups in total. The lowest BCUT2D eigenvalue weighted by atomic mass is 9.95. The molecule has 1 aromatic heterocycles. The van der Waals surface area contributed by atoms with Crippen molar-refractivity contribution in [3.8, 4) is 23.0 Å². The van der Waals surface area contributed by atoms with Gasteiger partial charge >= 0.3 is 6.18 Å². The van der Waals surface area contributed by atoms with Crippen molar-refractivity contribution in [2.75, 3.05) is 20.1 Å². The van der Waals surface area contributed by atoms with Crippen LogP contribution in [-0.4, -0.2) is 42.3 Å². The molecule has 3 aromatic rings. The molecule has 3 rings (SSSR count). The number of nitrogens with two attached hydrogens (primary N) is 2. The van der Waals surface area contributed by atoms with Crippen molar-refractivity contribution in [3.63, 3.8) is 0 Å². The van der Waals surface area contributed by atoms with Crippen LogP contribution in [0.25, 0.3) is 11.1 Å². The third-order valence-corrected chi connectivity index (χ3v) is 6.09. The molecule has 9 heteroatoms. The second-order valence-electron chi connectivity index (χ2n) is 9.67. The van der Waals surface area contributed by atoms with Gasteiger partial charge in [0.2, 0.25) is 12.3 Å². The van der Waals surface area contributed by atoms with Gasteiger partial charge in [-0.25, -0.2) is 0 Å². The number of alkyl halides is 3. The maximum absolute atomic E-state index is 13.4. The molecule has 1 heterocycles. The van der Waals surface area contributed by atoms with E-state index in [1.807, 2.05) is 13.0 Å². The van der Waals surface area contributed by atoms with E-state index < -0.39 is 17.6 Å². The molecule has 0 atom stereocenters. The van der Waals surface area contributed by atoms with Gasteiger partial charge in [-0.05, 0) is 92.3 Å². The lowest BCUT2D eigenvalue weighted by Crippen LogP contribution is -2.19. The highest BCUT2D eigenvalue weighted by molar-refractivity contribution is 5.76.